The lowest BCUT2D eigenvalue weighted by molar-refractivity contribution is 0.0248. The van der Waals surface area contributed by atoms with E-state index in [-0.39, 0.29) is 12.1 Å². The van der Waals surface area contributed by atoms with Crippen LogP contribution in [-0.4, -0.2) is 39.3 Å². The molecular weight excluding hydrogens is 194 g/mol. The van der Waals surface area contributed by atoms with Gasteiger partial charge < -0.3 is 9.63 Å². The molecule has 15 heavy (non-hydrogen) atoms. The Kier molecular flexibility index (Phi) is 3.33. The maximum Gasteiger partial charge on any atom is 0.240 e. The second-order valence-electron chi connectivity index (χ2n) is 4.17. The number of rotatable bonds is 3. The normalized spacial score (nSPS) is 27.1. The van der Waals surface area contributed by atoms with Crippen molar-refractivity contribution in [3.63, 3.8) is 0 Å². The summed E-state index contributed by atoms with van der Waals surface area (Å²) in [5.41, 5.74) is 0. The van der Waals surface area contributed by atoms with E-state index in [9.17, 15) is 5.11 Å². The average molecular weight is 211 g/mol. The Hall–Kier alpha value is -0.940. The summed E-state index contributed by atoms with van der Waals surface area (Å²) in [7, 11) is 1.99. The zero-order valence-corrected chi connectivity index (χ0v) is 8.96. The molecule has 0 radical (unpaired) electrons. The van der Waals surface area contributed by atoms with Crippen LogP contribution in [0.3, 0.4) is 0 Å². The van der Waals surface area contributed by atoms with E-state index in [1.54, 1.807) is 0 Å². The number of aliphatic hydroxyl groups is 1. The van der Waals surface area contributed by atoms with Gasteiger partial charge in [-0.25, -0.2) is 0 Å². The van der Waals surface area contributed by atoms with Gasteiger partial charge in [-0.3, -0.25) is 4.90 Å². The lowest BCUT2D eigenvalue weighted by Gasteiger charge is -2.34. The molecule has 1 saturated carbocycles. The smallest absolute Gasteiger partial charge is 0.240 e. The number of nitrogens with zero attached hydrogens (tertiary/aromatic N) is 3. The Morgan fingerprint density at radius 2 is 2.33 bits per heavy atom. The molecule has 2 unspecified atom stereocenters. The fraction of sp³-hybridized carbons (Fsp3) is 0.800. The number of hydrogen-bond donors (Lipinski definition) is 1. The minimum Gasteiger partial charge on any atom is -0.391 e. The molecule has 1 aromatic heterocycles. The third-order valence-corrected chi connectivity index (χ3v) is 3.05. The molecule has 1 N–H and O–H groups in total. The first kappa shape index (κ1) is 10.6. The summed E-state index contributed by atoms with van der Waals surface area (Å²) in [6.45, 7) is 0.613. The third kappa shape index (κ3) is 2.54. The minimum absolute atomic E-state index is 0.216. The van der Waals surface area contributed by atoms with Gasteiger partial charge in [-0.1, -0.05) is 18.0 Å². The topological polar surface area (TPSA) is 62.4 Å². The predicted octanol–water partition coefficient (Wildman–Crippen LogP) is 0.805. The Bertz CT molecular complexity index is 289. The quantitative estimate of drug-likeness (QED) is 0.801. The Balaban J connectivity index is 1.91. The van der Waals surface area contributed by atoms with E-state index < -0.39 is 0 Å². The SMILES string of the molecule is CN(Cc1ncno1)C1CCCCC1O. The molecule has 0 saturated heterocycles. The van der Waals surface area contributed by atoms with Gasteiger partial charge >= 0.3 is 0 Å². The number of aliphatic hydroxyl groups excluding tert-OH is 1. The van der Waals surface area contributed by atoms with Gasteiger partial charge in [0, 0.05) is 6.04 Å². The minimum atomic E-state index is -0.216. The zero-order valence-electron chi connectivity index (χ0n) is 8.96. The monoisotopic (exact) mass is 211 g/mol. The molecule has 2 rings (SSSR count). The van der Waals surface area contributed by atoms with Crippen LogP contribution in [0, 0.1) is 0 Å². The first-order valence-corrected chi connectivity index (χ1v) is 5.41. The van der Waals surface area contributed by atoms with Crippen LogP contribution in [0.25, 0.3) is 0 Å². The van der Waals surface area contributed by atoms with Gasteiger partial charge in [-0.05, 0) is 19.9 Å². The highest BCUT2D eigenvalue weighted by Crippen LogP contribution is 2.23. The van der Waals surface area contributed by atoms with Crippen molar-refractivity contribution in [1.29, 1.82) is 0 Å². The Morgan fingerprint density at radius 3 is 3.00 bits per heavy atom. The van der Waals surface area contributed by atoms with Gasteiger partial charge in [0.05, 0.1) is 12.6 Å². The molecule has 5 nitrogen and oxygen atoms in total. The molecule has 84 valence electrons. The maximum absolute atomic E-state index is 9.86. The lowest BCUT2D eigenvalue weighted by Crippen LogP contribution is -2.42. The second kappa shape index (κ2) is 4.72. The summed E-state index contributed by atoms with van der Waals surface area (Å²) < 4.78 is 4.95. The molecule has 1 aromatic rings. The van der Waals surface area contributed by atoms with E-state index in [1.807, 2.05) is 7.05 Å². The van der Waals surface area contributed by atoms with Crippen molar-refractivity contribution >= 4 is 0 Å². The van der Waals surface area contributed by atoms with Crippen molar-refractivity contribution in [2.24, 2.45) is 0 Å². The first-order chi connectivity index (χ1) is 7.27. The molecule has 1 fully saturated rings. The van der Waals surface area contributed by atoms with Crippen molar-refractivity contribution in [3.05, 3.63) is 12.2 Å². The van der Waals surface area contributed by atoms with Crippen molar-refractivity contribution in [3.8, 4) is 0 Å². The van der Waals surface area contributed by atoms with E-state index in [4.69, 9.17) is 4.52 Å². The van der Waals surface area contributed by atoms with Crippen LogP contribution in [0.2, 0.25) is 0 Å². The van der Waals surface area contributed by atoms with Gasteiger partial charge in [0.15, 0.2) is 6.33 Å². The van der Waals surface area contributed by atoms with Crippen molar-refractivity contribution in [2.75, 3.05) is 7.05 Å². The summed E-state index contributed by atoms with van der Waals surface area (Å²) in [5, 5.41) is 13.4. The second-order valence-corrected chi connectivity index (χ2v) is 4.17. The predicted molar refractivity (Wildman–Crippen MR) is 54.0 cm³/mol. The summed E-state index contributed by atoms with van der Waals surface area (Å²) in [4.78, 5) is 6.07. The third-order valence-electron chi connectivity index (χ3n) is 3.05. The Labute approximate surface area is 89.1 Å². The van der Waals surface area contributed by atoms with Crippen molar-refractivity contribution < 1.29 is 9.63 Å². The standard InChI is InChI=1S/C10H17N3O2/c1-13(6-10-11-7-12-15-10)8-4-2-3-5-9(8)14/h7-9,14H,2-6H2,1H3. The summed E-state index contributed by atoms with van der Waals surface area (Å²) in [6.07, 6.45) is 5.46. The molecule has 0 amide bonds. The van der Waals surface area contributed by atoms with E-state index in [0.29, 0.717) is 12.4 Å². The average Bonchev–Trinajstić information content (AvgIpc) is 2.71. The highest BCUT2D eigenvalue weighted by molar-refractivity contribution is 4.84. The molecule has 5 heteroatoms. The van der Waals surface area contributed by atoms with E-state index >= 15 is 0 Å². The molecular formula is C10H17N3O2. The first-order valence-electron chi connectivity index (χ1n) is 5.41. The fourth-order valence-electron chi connectivity index (χ4n) is 2.20. The molecule has 2 atom stereocenters. The van der Waals surface area contributed by atoms with Crippen LogP contribution in [0.1, 0.15) is 31.6 Å². The van der Waals surface area contributed by atoms with Crippen LogP contribution in [0.4, 0.5) is 0 Å². The van der Waals surface area contributed by atoms with Gasteiger partial charge in [-0.2, -0.15) is 4.98 Å². The van der Waals surface area contributed by atoms with E-state index in [0.717, 1.165) is 19.3 Å². The molecule has 1 aliphatic rings. The molecule has 0 aromatic carbocycles. The van der Waals surface area contributed by atoms with Crippen LogP contribution in [0.15, 0.2) is 10.9 Å². The molecule has 0 spiro atoms. The molecule has 1 aliphatic carbocycles. The fourth-order valence-corrected chi connectivity index (χ4v) is 2.20. The van der Waals surface area contributed by atoms with E-state index in [2.05, 4.69) is 15.0 Å². The van der Waals surface area contributed by atoms with Gasteiger partial charge in [0.2, 0.25) is 5.89 Å². The van der Waals surface area contributed by atoms with Crippen LogP contribution < -0.4 is 0 Å². The zero-order chi connectivity index (χ0) is 10.7. The number of hydrogen-bond acceptors (Lipinski definition) is 5. The summed E-state index contributed by atoms with van der Waals surface area (Å²) in [5.74, 6) is 0.607. The van der Waals surface area contributed by atoms with Crippen molar-refractivity contribution in [1.82, 2.24) is 15.0 Å². The van der Waals surface area contributed by atoms with Gasteiger partial charge in [0.1, 0.15) is 0 Å². The number of aromatic nitrogens is 2. The molecule has 0 aliphatic heterocycles. The van der Waals surface area contributed by atoms with Crippen molar-refractivity contribution in [2.45, 2.75) is 44.4 Å². The lowest BCUT2D eigenvalue weighted by atomic mass is 9.91. The van der Waals surface area contributed by atoms with Gasteiger partial charge in [0.25, 0.3) is 0 Å². The molecule has 1 heterocycles. The molecule has 0 bridgehead atoms. The number of likely N-dealkylation sites (N-methyl/N-ethyl adjacent to an activating group) is 1. The van der Waals surface area contributed by atoms with Crippen LogP contribution >= 0.6 is 0 Å². The maximum atomic E-state index is 9.86. The Morgan fingerprint density at radius 1 is 1.53 bits per heavy atom. The highest BCUT2D eigenvalue weighted by Gasteiger charge is 2.27. The summed E-state index contributed by atoms with van der Waals surface area (Å²) in [6, 6.07) is 0.227. The highest BCUT2D eigenvalue weighted by atomic mass is 16.5. The van der Waals surface area contributed by atoms with Crippen LogP contribution in [-0.2, 0) is 6.54 Å². The largest absolute Gasteiger partial charge is 0.391 e. The van der Waals surface area contributed by atoms with Crippen LogP contribution in [0.5, 0.6) is 0 Å². The van der Waals surface area contributed by atoms with Gasteiger partial charge in [-0.15, -0.1) is 0 Å². The van der Waals surface area contributed by atoms with E-state index in [1.165, 1.54) is 12.7 Å². The summed E-state index contributed by atoms with van der Waals surface area (Å²) >= 11 is 0.